The normalized spacial score (nSPS) is 10.6. The van der Waals surface area contributed by atoms with E-state index < -0.39 is 5.82 Å². The van der Waals surface area contributed by atoms with Gasteiger partial charge in [-0.05, 0) is 42.3 Å². The first-order valence-electron chi connectivity index (χ1n) is 8.72. The maximum absolute atomic E-state index is 13.4. The SMILES string of the molecule is COc1cc(C=CC(=O)NCCCOc2ccccc2F)cc(OC)c1OC. The van der Waals surface area contributed by atoms with Gasteiger partial charge in [0.25, 0.3) is 0 Å². The molecule has 0 bridgehead atoms. The third-order valence-electron chi connectivity index (χ3n) is 3.83. The van der Waals surface area contributed by atoms with Gasteiger partial charge < -0.3 is 24.3 Å². The van der Waals surface area contributed by atoms with Crippen LogP contribution in [-0.2, 0) is 4.79 Å². The summed E-state index contributed by atoms with van der Waals surface area (Å²) in [6, 6.07) is 9.69. The summed E-state index contributed by atoms with van der Waals surface area (Å²) in [5.41, 5.74) is 0.729. The van der Waals surface area contributed by atoms with E-state index in [9.17, 15) is 9.18 Å². The van der Waals surface area contributed by atoms with Crippen LogP contribution >= 0.6 is 0 Å². The number of ether oxygens (including phenoxy) is 4. The van der Waals surface area contributed by atoms with Crippen LogP contribution in [0.5, 0.6) is 23.0 Å². The molecule has 0 saturated heterocycles. The standard InChI is InChI=1S/C21H24FNO5/c1-25-18-13-15(14-19(26-2)21(18)27-3)9-10-20(24)23-11-6-12-28-17-8-5-4-7-16(17)22/h4-5,7-10,13-14H,6,11-12H2,1-3H3,(H,23,24). The molecule has 0 aliphatic carbocycles. The number of hydrogen-bond acceptors (Lipinski definition) is 5. The van der Waals surface area contributed by atoms with Gasteiger partial charge in [-0.3, -0.25) is 4.79 Å². The van der Waals surface area contributed by atoms with Crippen molar-refractivity contribution in [3.8, 4) is 23.0 Å². The lowest BCUT2D eigenvalue weighted by molar-refractivity contribution is -0.116. The van der Waals surface area contributed by atoms with Crippen LogP contribution in [0.3, 0.4) is 0 Å². The Balaban J connectivity index is 1.82. The smallest absolute Gasteiger partial charge is 0.244 e. The fraction of sp³-hybridized carbons (Fsp3) is 0.286. The quantitative estimate of drug-likeness (QED) is 0.498. The summed E-state index contributed by atoms with van der Waals surface area (Å²) in [6.07, 6.45) is 3.62. The van der Waals surface area contributed by atoms with Crippen LogP contribution < -0.4 is 24.3 Å². The van der Waals surface area contributed by atoms with Gasteiger partial charge in [-0.2, -0.15) is 0 Å². The second kappa shape index (κ2) is 10.8. The van der Waals surface area contributed by atoms with Gasteiger partial charge in [-0.15, -0.1) is 0 Å². The second-order valence-corrected chi connectivity index (χ2v) is 5.72. The summed E-state index contributed by atoms with van der Waals surface area (Å²) >= 11 is 0. The molecule has 7 heteroatoms. The van der Waals surface area contributed by atoms with Crippen molar-refractivity contribution in [2.24, 2.45) is 0 Å². The molecule has 0 radical (unpaired) electrons. The van der Waals surface area contributed by atoms with Crippen LogP contribution in [-0.4, -0.2) is 40.4 Å². The summed E-state index contributed by atoms with van der Waals surface area (Å²) in [5, 5.41) is 2.75. The second-order valence-electron chi connectivity index (χ2n) is 5.72. The molecule has 1 amide bonds. The van der Waals surface area contributed by atoms with Gasteiger partial charge >= 0.3 is 0 Å². The van der Waals surface area contributed by atoms with E-state index in [-0.39, 0.29) is 11.7 Å². The van der Waals surface area contributed by atoms with Gasteiger partial charge in [0.1, 0.15) is 0 Å². The molecule has 2 aromatic carbocycles. The van der Waals surface area contributed by atoms with E-state index in [2.05, 4.69) is 5.32 Å². The van der Waals surface area contributed by atoms with Crippen molar-refractivity contribution in [3.63, 3.8) is 0 Å². The molecule has 0 atom stereocenters. The fourth-order valence-electron chi connectivity index (χ4n) is 2.46. The van der Waals surface area contributed by atoms with Crippen LogP contribution in [0.25, 0.3) is 6.08 Å². The highest BCUT2D eigenvalue weighted by molar-refractivity contribution is 5.91. The molecule has 0 heterocycles. The summed E-state index contributed by atoms with van der Waals surface area (Å²) in [4.78, 5) is 11.9. The van der Waals surface area contributed by atoms with Crippen molar-refractivity contribution < 1.29 is 28.1 Å². The average molecular weight is 389 g/mol. The predicted molar refractivity (Wildman–Crippen MR) is 105 cm³/mol. The zero-order chi connectivity index (χ0) is 20.4. The van der Waals surface area contributed by atoms with Crippen molar-refractivity contribution in [1.29, 1.82) is 0 Å². The van der Waals surface area contributed by atoms with E-state index in [0.717, 1.165) is 5.56 Å². The van der Waals surface area contributed by atoms with Crippen molar-refractivity contribution in [1.82, 2.24) is 5.32 Å². The lowest BCUT2D eigenvalue weighted by Crippen LogP contribution is -2.23. The third kappa shape index (κ3) is 5.90. The average Bonchev–Trinajstić information content (AvgIpc) is 2.72. The van der Waals surface area contributed by atoms with Crippen LogP contribution in [0.1, 0.15) is 12.0 Å². The summed E-state index contributed by atoms with van der Waals surface area (Å²) in [7, 11) is 4.58. The van der Waals surface area contributed by atoms with Crippen LogP contribution in [0.2, 0.25) is 0 Å². The number of carbonyl (C=O) groups is 1. The Morgan fingerprint density at radius 2 is 1.71 bits per heavy atom. The molecular formula is C21H24FNO5. The number of amides is 1. The Kier molecular flexibility index (Phi) is 8.14. The van der Waals surface area contributed by atoms with Crippen molar-refractivity contribution in [3.05, 3.63) is 53.9 Å². The van der Waals surface area contributed by atoms with Gasteiger partial charge in [0.2, 0.25) is 11.7 Å². The van der Waals surface area contributed by atoms with Crippen molar-refractivity contribution in [2.75, 3.05) is 34.5 Å². The van der Waals surface area contributed by atoms with E-state index in [1.165, 1.54) is 33.5 Å². The first kappa shape index (κ1) is 21.1. The molecule has 0 saturated carbocycles. The highest BCUT2D eigenvalue weighted by Crippen LogP contribution is 2.38. The highest BCUT2D eigenvalue weighted by atomic mass is 19.1. The number of benzene rings is 2. The number of para-hydroxylation sites is 1. The monoisotopic (exact) mass is 389 g/mol. The topological polar surface area (TPSA) is 66.0 Å². The van der Waals surface area contributed by atoms with E-state index in [0.29, 0.717) is 36.8 Å². The predicted octanol–water partition coefficient (Wildman–Crippen LogP) is 3.45. The van der Waals surface area contributed by atoms with Crippen molar-refractivity contribution in [2.45, 2.75) is 6.42 Å². The number of rotatable bonds is 10. The number of carbonyl (C=O) groups excluding carboxylic acids is 1. The number of hydrogen-bond donors (Lipinski definition) is 1. The van der Waals surface area contributed by atoms with Gasteiger partial charge in [0, 0.05) is 12.6 Å². The fourth-order valence-corrected chi connectivity index (χ4v) is 2.46. The number of halogens is 1. The van der Waals surface area contributed by atoms with Crippen LogP contribution in [0.15, 0.2) is 42.5 Å². The first-order valence-corrected chi connectivity index (χ1v) is 8.72. The molecule has 0 aromatic heterocycles. The van der Waals surface area contributed by atoms with Gasteiger partial charge in [-0.1, -0.05) is 12.1 Å². The zero-order valence-electron chi connectivity index (χ0n) is 16.2. The minimum atomic E-state index is -0.403. The third-order valence-corrected chi connectivity index (χ3v) is 3.83. The van der Waals surface area contributed by atoms with Gasteiger partial charge in [0.05, 0.1) is 27.9 Å². The molecule has 2 rings (SSSR count). The van der Waals surface area contributed by atoms with E-state index in [1.54, 1.807) is 36.4 Å². The molecule has 28 heavy (non-hydrogen) atoms. The molecule has 0 aliphatic heterocycles. The molecule has 2 aromatic rings. The molecule has 0 aliphatic rings. The molecule has 0 fully saturated rings. The lowest BCUT2D eigenvalue weighted by atomic mass is 10.1. The van der Waals surface area contributed by atoms with E-state index in [1.807, 2.05) is 0 Å². The number of methoxy groups -OCH3 is 3. The summed E-state index contributed by atoms with van der Waals surface area (Å²) < 4.78 is 34.6. The van der Waals surface area contributed by atoms with E-state index >= 15 is 0 Å². The maximum Gasteiger partial charge on any atom is 0.244 e. The van der Waals surface area contributed by atoms with Gasteiger partial charge in [-0.25, -0.2) is 4.39 Å². The summed E-state index contributed by atoms with van der Waals surface area (Å²) in [5.74, 6) is 1.05. The molecular weight excluding hydrogens is 365 g/mol. The van der Waals surface area contributed by atoms with Crippen LogP contribution in [0, 0.1) is 5.82 Å². The molecule has 1 N–H and O–H groups in total. The van der Waals surface area contributed by atoms with Crippen molar-refractivity contribution >= 4 is 12.0 Å². The minimum Gasteiger partial charge on any atom is -0.493 e. The Bertz CT molecular complexity index is 797. The highest BCUT2D eigenvalue weighted by Gasteiger charge is 2.12. The van der Waals surface area contributed by atoms with Gasteiger partial charge in [0.15, 0.2) is 23.1 Å². The molecule has 6 nitrogen and oxygen atoms in total. The Hall–Kier alpha value is -3.22. The molecule has 0 spiro atoms. The minimum absolute atomic E-state index is 0.205. The number of nitrogens with one attached hydrogen (secondary N) is 1. The molecule has 150 valence electrons. The van der Waals surface area contributed by atoms with E-state index in [4.69, 9.17) is 18.9 Å². The Morgan fingerprint density at radius 3 is 2.32 bits per heavy atom. The zero-order valence-corrected chi connectivity index (χ0v) is 16.2. The first-order chi connectivity index (χ1) is 13.6. The lowest BCUT2D eigenvalue weighted by Gasteiger charge is -2.12. The largest absolute Gasteiger partial charge is 0.493 e. The Labute approximate surface area is 163 Å². The summed E-state index contributed by atoms with van der Waals surface area (Å²) in [6.45, 7) is 0.713. The Morgan fingerprint density at radius 1 is 1.04 bits per heavy atom. The maximum atomic E-state index is 13.4. The van der Waals surface area contributed by atoms with Crippen LogP contribution in [0.4, 0.5) is 4.39 Å². The molecule has 0 unspecified atom stereocenters.